The molecule has 0 radical (unpaired) electrons. The van der Waals surface area contributed by atoms with Crippen LogP contribution >= 0.6 is 0 Å². The van der Waals surface area contributed by atoms with Crippen LogP contribution in [-0.2, 0) is 0 Å². The molecule has 0 aliphatic heterocycles. The highest BCUT2D eigenvalue weighted by Crippen LogP contribution is 1.92. The van der Waals surface area contributed by atoms with Gasteiger partial charge in [-0.1, -0.05) is 19.1 Å². The van der Waals surface area contributed by atoms with Gasteiger partial charge in [0.25, 0.3) is 0 Å². The van der Waals surface area contributed by atoms with Gasteiger partial charge in [-0.05, 0) is 5.92 Å². The molecule has 0 bridgehead atoms. The Morgan fingerprint density at radius 3 is 1.67 bits per heavy atom. The third-order valence-corrected chi connectivity index (χ3v) is 0.744. The lowest BCUT2D eigenvalue weighted by molar-refractivity contribution is 0.948. The van der Waals surface area contributed by atoms with E-state index in [9.17, 15) is 0 Å². The van der Waals surface area contributed by atoms with Gasteiger partial charge >= 0.3 is 0 Å². The summed E-state index contributed by atoms with van der Waals surface area (Å²) >= 11 is 0. The summed E-state index contributed by atoms with van der Waals surface area (Å²) in [6.45, 7) is 9.16. The van der Waals surface area contributed by atoms with Gasteiger partial charge in [-0.15, -0.1) is 13.2 Å². The van der Waals surface area contributed by atoms with Gasteiger partial charge < -0.3 is 0 Å². The molecular weight excluding hydrogens is 72.1 g/mol. The molecule has 0 aromatic heterocycles. The van der Waals surface area contributed by atoms with Crippen LogP contribution in [0.3, 0.4) is 0 Å². The van der Waals surface area contributed by atoms with Crippen molar-refractivity contribution in [3.05, 3.63) is 25.3 Å². The van der Waals surface area contributed by atoms with Gasteiger partial charge in [0.1, 0.15) is 0 Å². The highest BCUT2D eigenvalue weighted by molar-refractivity contribution is 4.87. The topological polar surface area (TPSA) is 0 Å². The smallest absolute Gasteiger partial charge is 0.00872 e. The van der Waals surface area contributed by atoms with Crippen molar-refractivity contribution in [3.63, 3.8) is 0 Å². The average Bonchev–Trinajstić information content (AvgIpc) is 1.65. The molecule has 0 aliphatic rings. The normalized spacial score (nSPS) is 8.33. The van der Waals surface area contributed by atoms with Crippen molar-refractivity contribution >= 4 is 0 Å². The first-order valence-corrected chi connectivity index (χ1v) is 2.06. The molecule has 0 unspecified atom stereocenters. The van der Waals surface area contributed by atoms with Gasteiger partial charge in [-0.25, -0.2) is 0 Å². The zero-order valence-corrected chi connectivity index (χ0v) is 4.15. The van der Waals surface area contributed by atoms with Crippen molar-refractivity contribution in [2.24, 2.45) is 5.92 Å². The number of hydrogen-bond acceptors (Lipinski definition) is 0. The Balaban J connectivity index is 3.21. The Hall–Kier alpha value is -0.520. The molecule has 0 fully saturated rings. The summed E-state index contributed by atoms with van der Waals surface area (Å²) in [5.41, 5.74) is 0. The molecule has 0 rings (SSSR count). The van der Waals surface area contributed by atoms with E-state index < -0.39 is 0 Å². The molecule has 34 valence electrons. The summed E-state index contributed by atoms with van der Waals surface area (Å²) in [4.78, 5) is 0. The Labute approximate surface area is 39.2 Å². The van der Waals surface area contributed by atoms with Crippen molar-refractivity contribution in [3.8, 4) is 0 Å². The molecule has 0 spiro atoms. The Bertz CT molecular complexity index is 45.1. The molecule has 0 saturated carbocycles. The Kier molecular flexibility index (Phi) is 2.47. The molecular formula is C6H10. The van der Waals surface area contributed by atoms with Crippen LogP contribution in [-0.4, -0.2) is 0 Å². The van der Waals surface area contributed by atoms with Crippen molar-refractivity contribution in [2.75, 3.05) is 0 Å². The van der Waals surface area contributed by atoms with Gasteiger partial charge in [0.2, 0.25) is 0 Å². The van der Waals surface area contributed by atoms with Gasteiger partial charge in [0.05, 0.1) is 0 Å². The molecule has 0 amide bonds. The van der Waals surface area contributed by atoms with E-state index in [2.05, 4.69) is 13.2 Å². The predicted molar refractivity (Wildman–Crippen MR) is 29.6 cm³/mol. The van der Waals surface area contributed by atoms with Crippen molar-refractivity contribution in [1.29, 1.82) is 0 Å². The predicted octanol–water partition coefficient (Wildman–Crippen LogP) is 1.99. The van der Waals surface area contributed by atoms with Crippen LogP contribution < -0.4 is 0 Å². The second-order valence-electron chi connectivity index (χ2n) is 1.33. The molecule has 0 aliphatic carbocycles. The van der Waals surface area contributed by atoms with E-state index in [1.165, 1.54) is 0 Å². The summed E-state index contributed by atoms with van der Waals surface area (Å²) in [7, 11) is 0. The van der Waals surface area contributed by atoms with Crippen molar-refractivity contribution < 1.29 is 0 Å². The Morgan fingerprint density at radius 1 is 1.33 bits per heavy atom. The summed E-state index contributed by atoms with van der Waals surface area (Å²) < 4.78 is 0. The fourth-order valence-electron chi connectivity index (χ4n) is 0.0962. The molecule has 0 saturated heterocycles. The van der Waals surface area contributed by atoms with E-state index in [0.29, 0.717) is 5.92 Å². The lowest BCUT2D eigenvalue weighted by Crippen LogP contribution is -1.75. The summed E-state index contributed by atoms with van der Waals surface area (Å²) in [6, 6.07) is 0. The maximum Gasteiger partial charge on any atom is -0.00872 e. The van der Waals surface area contributed by atoms with E-state index in [1.54, 1.807) is 0 Å². The van der Waals surface area contributed by atoms with E-state index in [1.807, 2.05) is 19.1 Å². The van der Waals surface area contributed by atoms with Gasteiger partial charge in [0, 0.05) is 0 Å². The first kappa shape index (κ1) is 5.48. The first-order chi connectivity index (χ1) is 2.81. The van der Waals surface area contributed by atoms with Gasteiger partial charge in [-0.2, -0.15) is 0 Å². The second-order valence-corrected chi connectivity index (χ2v) is 1.33. The lowest BCUT2D eigenvalue weighted by Gasteiger charge is -1.88. The quantitative estimate of drug-likeness (QED) is 0.447. The maximum atomic E-state index is 3.56. The third-order valence-electron chi connectivity index (χ3n) is 0.744. The minimum absolute atomic E-state index is 0.463. The summed E-state index contributed by atoms with van der Waals surface area (Å²) in [5, 5.41) is 0. The SMILES string of the molecule is C=CC(C)C=C. The van der Waals surface area contributed by atoms with E-state index in [4.69, 9.17) is 0 Å². The molecule has 0 heterocycles. The van der Waals surface area contributed by atoms with Crippen molar-refractivity contribution in [2.45, 2.75) is 6.92 Å². The van der Waals surface area contributed by atoms with Crippen LogP contribution in [0.2, 0.25) is 0 Å². The lowest BCUT2D eigenvalue weighted by atomic mass is 10.2. The fourth-order valence-corrected chi connectivity index (χ4v) is 0.0962. The number of allylic oxidation sites excluding steroid dienone is 2. The van der Waals surface area contributed by atoms with Crippen LogP contribution in [0.25, 0.3) is 0 Å². The van der Waals surface area contributed by atoms with Crippen molar-refractivity contribution in [1.82, 2.24) is 0 Å². The van der Waals surface area contributed by atoms with Crippen LogP contribution in [0.5, 0.6) is 0 Å². The Morgan fingerprint density at radius 2 is 1.67 bits per heavy atom. The van der Waals surface area contributed by atoms with Gasteiger partial charge in [-0.3, -0.25) is 0 Å². The van der Waals surface area contributed by atoms with E-state index in [-0.39, 0.29) is 0 Å². The van der Waals surface area contributed by atoms with Gasteiger partial charge in [0.15, 0.2) is 0 Å². The van der Waals surface area contributed by atoms with Crippen LogP contribution in [0.1, 0.15) is 6.92 Å². The zero-order chi connectivity index (χ0) is 4.99. The minimum Gasteiger partial charge on any atom is -0.103 e. The highest BCUT2D eigenvalue weighted by Gasteiger charge is 1.78. The van der Waals surface area contributed by atoms with Crippen LogP contribution in [0.15, 0.2) is 25.3 Å². The maximum absolute atomic E-state index is 3.56. The average molecular weight is 82.1 g/mol. The monoisotopic (exact) mass is 82.1 g/mol. The molecule has 0 N–H and O–H groups in total. The number of hydrogen-bond donors (Lipinski definition) is 0. The minimum atomic E-state index is 0.463. The summed E-state index contributed by atoms with van der Waals surface area (Å²) in [6.07, 6.45) is 3.71. The number of rotatable bonds is 2. The first-order valence-electron chi connectivity index (χ1n) is 2.06. The molecule has 6 heavy (non-hydrogen) atoms. The molecule has 0 atom stereocenters. The largest absolute Gasteiger partial charge is 0.103 e. The molecule has 0 heteroatoms. The van der Waals surface area contributed by atoms with Crippen LogP contribution in [0, 0.1) is 5.92 Å². The molecule has 0 aromatic rings. The molecule has 0 nitrogen and oxygen atoms in total. The summed E-state index contributed by atoms with van der Waals surface area (Å²) in [5.74, 6) is 0.463. The zero-order valence-electron chi connectivity index (χ0n) is 4.15. The standard InChI is InChI=1S/C6H10/c1-4-6(3)5-2/h4-6H,1-2H2,3H3. The molecule has 0 aromatic carbocycles. The highest BCUT2D eigenvalue weighted by atomic mass is 13.8. The fraction of sp³-hybridized carbons (Fsp3) is 0.333. The van der Waals surface area contributed by atoms with Crippen LogP contribution in [0.4, 0.5) is 0 Å². The second kappa shape index (κ2) is 2.70. The third kappa shape index (κ3) is 1.77. The van der Waals surface area contributed by atoms with E-state index in [0.717, 1.165) is 0 Å². The van der Waals surface area contributed by atoms with E-state index >= 15 is 0 Å².